The quantitative estimate of drug-likeness (QED) is 0.218. The Balaban J connectivity index is 0.000000390. The van der Waals surface area contributed by atoms with Crippen LogP contribution in [0.2, 0.25) is 0 Å². The predicted octanol–water partition coefficient (Wildman–Crippen LogP) is 5.99. The number of nitrogens with one attached hydrogen (secondary N) is 3. The highest BCUT2D eigenvalue weighted by Gasteiger charge is 2.20. The molecule has 8 heteroatoms. The number of halogens is 1. The number of benzene rings is 1. The van der Waals surface area contributed by atoms with Gasteiger partial charge < -0.3 is 32.3 Å². The molecule has 7 nitrogen and oxygen atoms in total. The number of carbonyl (C=O) groups excluding carboxylic acids is 1. The van der Waals surface area contributed by atoms with Gasteiger partial charge in [0.05, 0.1) is 0 Å². The second-order valence-corrected chi connectivity index (χ2v) is 10.4. The van der Waals surface area contributed by atoms with Crippen molar-refractivity contribution in [2.45, 2.75) is 39.0 Å². The van der Waals surface area contributed by atoms with Gasteiger partial charge in [-0.3, -0.25) is 4.79 Å². The third-order valence-electron chi connectivity index (χ3n) is 6.62. The lowest BCUT2D eigenvalue weighted by Crippen LogP contribution is -2.31. The van der Waals surface area contributed by atoms with Gasteiger partial charge in [0, 0.05) is 46.5 Å². The molecule has 224 valence electrons. The highest BCUT2D eigenvalue weighted by atomic mass is 35.5. The predicted molar refractivity (Wildman–Crippen MR) is 178 cm³/mol. The van der Waals surface area contributed by atoms with Gasteiger partial charge in [0.15, 0.2) is 0 Å². The molecule has 1 aromatic carbocycles. The first-order valence-electron chi connectivity index (χ1n) is 14.0. The molecule has 1 amide bonds. The van der Waals surface area contributed by atoms with Crippen LogP contribution in [0.4, 0.5) is 5.69 Å². The van der Waals surface area contributed by atoms with Gasteiger partial charge in [-0.2, -0.15) is 0 Å². The molecule has 1 aromatic rings. The van der Waals surface area contributed by atoms with E-state index in [0.717, 1.165) is 52.5 Å². The maximum atomic E-state index is 11.4. The minimum Gasteiger partial charge on any atom is -0.405 e. The summed E-state index contributed by atoms with van der Waals surface area (Å²) in [5.74, 6) is 0.565. The fourth-order valence-corrected chi connectivity index (χ4v) is 4.84. The van der Waals surface area contributed by atoms with Crippen LogP contribution >= 0.6 is 11.6 Å². The van der Waals surface area contributed by atoms with E-state index >= 15 is 0 Å². The van der Waals surface area contributed by atoms with Crippen molar-refractivity contribution in [2.24, 2.45) is 17.4 Å². The Bertz CT molecular complexity index is 1130. The molecule has 41 heavy (non-hydrogen) atoms. The molecule has 0 aromatic heterocycles. The molecular weight excluding hydrogens is 532 g/mol. The minimum absolute atomic E-state index is 0.128. The minimum atomic E-state index is -0.128. The van der Waals surface area contributed by atoms with Gasteiger partial charge in [-0.05, 0) is 102 Å². The Hall–Kier alpha value is -3.52. The van der Waals surface area contributed by atoms with E-state index < -0.39 is 0 Å². The largest absolute Gasteiger partial charge is 0.405 e. The summed E-state index contributed by atoms with van der Waals surface area (Å²) < 4.78 is 0. The number of allylic oxidation sites excluding steroid dienone is 4. The van der Waals surface area contributed by atoms with E-state index in [-0.39, 0.29) is 5.91 Å². The molecule has 0 atom stereocenters. The lowest BCUT2D eigenvalue weighted by molar-refractivity contribution is -0.111. The highest BCUT2D eigenvalue weighted by Crippen LogP contribution is 2.32. The van der Waals surface area contributed by atoms with Gasteiger partial charge in [-0.1, -0.05) is 61.7 Å². The molecule has 1 saturated heterocycles. The van der Waals surface area contributed by atoms with Gasteiger partial charge in [-0.25, -0.2) is 0 Å². The summed E-state index contributed by atoms with van der Waals surface area (Å²) in [6, 6.07) is 7.52. The van der Waals surface area contributed by atoms with Crippen molar-refractivity contribution in [3.8, 4) is 0 Å². The molecule has 1 heterocycles. The fourth-order valence-electron chi connectivity index (χ4n) is 4.46. The molecule has 0 spiro atoms. The normalized spacial score (nSPS) is 16.0. The monoisotopic (exact) mass is 580 g/mol. The van der Waals surface area contributed by atoms with Crippen LogP contribution in [0.15, 0.2) is 102 Å². The lowest BCUT2D eigenvalue weighted by Gasteiger charge is -2.30. The zero-order chi connectivity index (χ0) is 30.6. The number of amides is 1. The number of nitrogens with zero attached hydrogens (tertiary/aromatic N) is 1. The zero-order valence-electron chi connectivity index (χ0n) is 25.0. The van der Waals surface area contributed by atoms with Crippen molar-refractivity contribution in [3.63, 3.8) is 0 Å². The summed E-state index contributed by atoms with van der Waals surface area (Å²) in [6.45, 7) is 16.1. The SMILES string of the molecule is C=C(N/C(=C/N)CC1CCN(C)CC1)C1=C(Cl)CCC=C1C.C=CN.C=Cc1cccc(NC(=O)/C=C/CNC)c1. The van der Waals surface area contributed by atoms with Crippen molar-refractivity contribution in [1.29, 1.82) is 0 Å². The van der Waals surface area contributed by atoms with E-state index in [0.29, 0.717) is 12.5 Å². The molecule has 1 fully saturated rings. The highest BCUT2D eigenvalue weighted by molar-refractivity contribution is 6.30. The van der Waals surface area contributed by atoms with Crippen LogP contribution < -0.4 is 27.4 Å². The van der Waals surface area contributed by atoms with E-state index in [1.165, 1.54) is 43.8 Å². The van der Waals surface area contributed by atoms with E-state index in [9.17, 15) is 4.79 Å². The lowest BCUT2D eigenvalue weighted by atomic mass is 9.92. The molecule has 1 aliphatic carbocycles. The summed E-state index contributed by atoms with van der Waals surface area (Å²) in [6.07, 6.45) is 15.5. The molecule has 1 aliphatic heterocycles. The van der Waals surface area contributed by atoms with Crippen LogP contribution in [-0.2, 0) is 4.79 Å². The van der Waals surface area contributed by atoms with E-state index in [1.54, 1.807) is 18.4 Å². The number of piperidine rings is 1. The Labute approximate surface area is 252 Å². The summed E-state index contributed by atoms with van der Waals surface area (Å²) in [4.78, 5) is 13.8. The Morgan fingerprint density at radius 3 is 2.49 bits per heavy atom. The maximum Gasteiger partial charge on any atom is 0.248 e. The van der Waals surface area contributed by atoms with Crippen LogP contribution in [0, 0.1) is 5.92 Å². The number of rotatable bonds is 10. The first-order valence-corrected chi connectivity index (χ1v) is 14.3. The Morgan fingerprint density at radius 1 is 1.22 bits per heavy atom. The number of likely N-dealkylation sites (tertiary alicyclic amines) is 1. The number of hydrogen-bond acceptors (Lipinski definition) is 6. The molecule has 2 aliphatic rings. The third kappa shape index (κ3) is 14.1. The molecule has 0 unspecified atom stereocenters. The second kappa shape index (κ2) is 20.4. The summed E-state index contributed by atoms with van der Waals surface area (Å²) in [7, 11) is 4.01. The second-order valence-electron chi connectivity index (χ2n) is 9.97. The van der Waals surface area contributed by atoms with Crippen LogP contribution in [-0.4, -0.2) is 44.5 Å². The van der Waals surface area contributed by atoms with E-state index in [1.807, 2.05) is 31.3 Å². The smallest absolute Gasteiger partial charge is 0.248 e. The number of likely N-dealkylation sites (N-methyl/N-ethyl adjacent to an activating group) is 1. The van der Waals surface area contributed by atoms with E-state index in [2.05, 4.69) is 66.4 Å². The van der Waals surface area contributed by atoms with Crippen LogP contribution in [0.5, 0.6) is 0 Å². The average molecular weight is 581 g/mol. The standard InChI is InChI=1S/C18H28ClN3.C13H16N2O.C2H5N/c1-13-5-4-6-17(19)18(13)14(2)21-16(12-20)11-15-7-9-22(3)10-8-15;1-3-11-6-4-7-12(10-11)15-13(16)8-5-9-14-2;1-2-3/h5,12,15,21H,2,4,6-11,20H2,1,3H3;3-8,10,14H,1,9H2,2H3,(H,15,16);2H,1,3H2/b16-12+;8-5+;. The van der Waals surface area contributed by atoms with Crippen molar-refractivity contribution < 1.29 is 4.79 Å². The van der Waals surface area contributed by atoms with Crippen molar-refractivity contribution in [2.75, 3.05) is 39.0 Å². The molecule has 3 rings (SSSR count). The Morgan fingerprint density at radius 2 is 1.90 bits per heavy atom. The van der Waals surface area contributed by atoms with Crippen molar-refractivity contribution in [3.05, 3.63) is 108 Å². The number of hydrogen-bond donors (Lipinski definition) is 5. The summed E-state index contributed by atoms with van der Waals surface area (Å²) in [5, 5.41) is 10.00. The first-order chi connectivity index (χ1) is 19.7. The number of nitrogens with two attached hydrogens (primary N) is 2. The molecule has 0 saturated carbocycles. The molecule has 7 N–H and O–H groups in total. The number of anilines is 1. The van der Waals surface area contributed by atoms with Gasteiger partial charge in [0.2, 0.25) is 5.91 Å². The van der Waals surface area contributed by atoms with Crippen LogP contribution in [0.1, 0.15) is 44.6 Å². The van der Waals surface area contributed by atoms with Crippen molar-refractivity contribution >= 4 is 29.3 Å². The number of carbonyl (C=O) groups is 1. The first kappa shape index (κ1) is 35.5. The summed E-state index contributed by atoms with van der Waals surface area (Å²) >= 11 is 6.39. The van der Waals surface area contributed by atoms with E-state index in [4.69, 9.17) is 17.3 Å². The molecular formula is C33H49ClN6O. The fraction of sp³-hybridized carbons (Fsp3) is 0.364. The van der Waals surface area contributed by atoms with Gasteiger partial charge in [0.25, 0.3) is 0 Å². The van der Waals surface area contributed by atoms with Gasteiger partial charge >= 0.3 is 0 Å². The maximum absolute atomic E-state index is 11.4. The zero-order valence-corrected chi connectivity index (χ0v) is 25.8. The molecule has 0 radical (unpaired) electrons. The van der Waals surface area contributed by atoms with Crippen LogP contribution in [0.25, 0.3) is 6.08 Å². The summed E-state index contributed by atoms with van der Waals surface area (Å²) in [5.41, 5.74) is 16.4. The van der Waals surface area contributed by atoms with Gasteiger partial charge in [0.1, 0.15) is 0 Å². The molecule has 0 bridgehead atoms. The van der Waals surface area contributed by atoms with Crippen LogP contribution in [0.3, 0.4) is 0 Å². The van der Waals surface area contributed by atoms with Crippen molar-refractivity contribution in [1.82, 2.24) is 15.5 Å². The van der Waals surface area contributed by atoms with Gasteiger partial charge in [-0.15, -0.1) is 0 Å². The third-order valence-corrected chi connectivity index (χ3v) is 7.00. The Kier molecular flexibility index (Phi) is 17.6. The topological polar surface area (TPSA) is 108 Å². The average Bonchev–Trinajstić information content (AvgIpc) is 2.95.